The minimum atomic E-state index is 0.348. The van der Waals surface area contributed by atoms with Gasteiger partial charge in [0.25, 0.3) is 0 Å². The van der Waals surface area contributed by atoms with Crippen LogP contribution >= 0.6 is 0 Å². The average Bonchev–Trinajstić information content (AvgIpc) is 2.84. The largest absolute Gasteiger partial charge is 0.497 e. The summed E-state index contributed by atoms with van der Waals surface area (Å²) in [5.41, 5.74) is 4.84. The average molecular weight is 436 g/mol. The zero-order chi connectivity index (χ0) is 22.8. The molecule has 0 aliphatic carbocycles. The number of hydrogen-bond acceptors (Lipinski definition) is 9. The van der Waals surface area contributed by atoms with E-state index in [1.807, 2.05) is 42.5 Å². The third kappa shape index (κ3) is 6.07. The van der Waals surface area contributed by atoms with E-state index < -0.39 is 0 Å². The van der Waals surface area contributed by atoms with Gasteiger partial charge in [-0.15, -0.1) is 0 Å². The Hall–Kier alpha value is -3.88. The Kier molecular flexibility index (Phi) is 8.19. The highest BCUT2D eigenvalue weighted by atomic mass is 16.5. The molecule has 0 spiro atoms. The van der Waals surface area contributed by atoms with Gasteiger partial charge in [0, 0.05) is 31.3 Å². The van der Waals surface area contributed by atoms with Gasteiger partial charge in [0.05, 0.1) is 20.4 Å². The van der Waals surface area contributed by atoms with Crippen LogP contribution < -0.4 is 25.1 Å². The fraction of sp³-hybridized carbons (Fsp3) is 0.304. The van der Waals surface area contributed by atoms with Crippen LogP contribution in [0.25, 0.3) is 0 Å². The number of methoxy groups -OCH3 is 2. The van der Waals surface area contributed by atoms with E-state index in [-0.39, 0.29) is 0 Å². The third-order valence-electron chi connectivity index (χ3n) is 4.77. The van der Waals surface area contributed by atoms with Gasteiger partial charge < -0.3 is 19.7 Å². The lowest BCUT2D eigenvalue weighted by Gasteiger charge is -2.19. The van der Waals surface area contributed by atoms with Crippen LogP contribution in [-0.2, 0) is 6.54 Å². The SMILES string of the molecule is CCN(CC)c1nc(NCc2ccccc2)nc(N/N=C/c2ccc(OC)cc2OC)n1. The highest BCUT2D eigenvalue weighted by Crippen LogP contribution is 2.23. The van der Waals surface area contributed by atoms with Crippen LogP contribution in [0.2, 0.25) is 0 Å². The number of nitrogens with one attached hydrogen (secondary N) is 2. The van der Waals surface area contributed by atoms with Crippen molar-refractivity contribution in [1.29, 1.82) is 0 Å². The van der Waals surface area contributed by atoms with E-state index in [2.05, 4.69) is 49.5 Å². The molecule has 2 aromatic carbocycles. The predicted octanol–water partition coefficient (Wildman–Crippen LogP) is 3.79. The Bertz CT molecular complexity index is 1020. The molecular weight excluding hydrogens is 406 g/mol. The van der Waals surface area contributed by atoms with Gasteiger partial charge in [-0.05, 0) is 31.5 Å². The topological polar surface area (TPSA) is 96.8 Å². The van der Waals surface area contributed by atoms with Crippen molar-refractivity contribution in [2.75, 3.05) is 43.0 Å². The van der Waals surface area contributed by atoms with Crippen molar-refractivity contribution in [2.45, 2.75) is 20.4 Å². The quantitative estimate of drug-likeness (QED) is 0.347. The molecular formula is C23H29N7O2. The van der Waals surface area contributed by atoms with Gasteiger partial charge in [-0.2, -0.15) is 20.1 Å². The summed E-state index contributed by atoms with van der Waals surface area (Å²) in [7, 11) is 3.22. The fourth-order valence-electron chi connectivity index (χ4n) is 3.00. The number of nitrogens with zero attached hydrogens (tertiary/aromatic N) is 5. The Morgan fingerprint density at radius 2 is 1.69 bits per heavy atom. The smallest absolute Gasteiger partial charge is 0.250 e. The van der Waals surface area contributed by atoms with Crippen LogP contribution in [0.4, 0.5) is 17.8 Å². The molecule has 0 atom stereocenters. The maximum absolute atomic E-state index is 5.41. The van der Waals surface area contributed by atoms with Gasteiger partial charge in [-0.3, -0.25) is 0 Å². The predicted molar refractivity (Wildman–Crippen MR) is 128 cm³/mol. The number of benzene rings is 2. The van der Waals surface area contributed by atoms with E-state index >= 15 is 0 Å². The van der Waals surface area contributed by atoms with Crippen molar-refractivity contribution in [3.63, 3.8) is 0 Å². The summed E-state index contributed by atoms with van der Waals surface area (Å²) < 4.78 is 10.6. The van der Waals surface area contributed by atoms with Gasteiger partial charge in [0.1, 0.15) is 11.5 Å². The molecule has 2 N–H and O–H groups in total. The lowest BCUT2D eigenvalue weighted by atomic mass is 10.2. The molecule has 0 aliphatic rings. The Morgan fingerprint density at radius 3 is 2.38 bits per heavy atom. The second kappa shape index (κ2) is 11.5. The molecule has 0 saturated heterocycles. The third-order valence-corrected chi connectivity index (χ3v) is 4.77. The van der Waals surface area contributed by atoms with Crippen molar-refractivity contribution in [2.24, 2.45) is 5.10 Å². The van der Waals surface area contributed by atoms with E-state index in [1.165, 1.54) is 0 Å². The molecule has 32 heavy (non-hydrogen) atoms. The summed E-state index contributed by atoms with van der Waals surface area (Å²) in [5.74, 6) is 2.77. The molecule has 0 bridgehead atoms. The maximum Gasteiger partial charge on any atom is 0.250 e. The number of aromatic nitrogens is 3. The van der Waals surface area contributed by atoms with Crippen molar-refractivity contribution < 1.29 is 9.47 Å². The molecule has 168 valence electrons. The number of ether oxygens (including phenoxy) is 2. The first kappa shape index (κ1) is 22.8. The van der Waals surface area contributed by atoms with Crippen LogP contribution in [0, 0.1) is 0 Å². The van der Waals surface area contributed by atoms with Crippen LogP contribution in [0.1, 0.15) is 25.0 Å². The summed E-state index contributed by atoms with van der Waals surface area (Å²) >= 11 is 0. The highest BCUT2D eigenvalue weighted by molar-refractivity contribution is 5.84. The number of hydrazone groups is 1. The molecule has 0 aliphatic heterocycles. The summed E-state index contributed by atoms with van der Waals surface area (Å²) in [5, 5.41) is 7.56. The van der Waals surface area contributed by atoms with Crippen LogP contribution in [-0.4, -0.2) is 48.5 Å². The molecule has 0 amide bonds. The van der Waals surface area contributed by atoms with E-state index in [4.69, 9.17) is 9.47 Å². The van der Waals surface area contributed by atoms with Gasteiger partial charge >= 0.3 is 0 Å². The summed E-state index contributed by atoms with van der Waals surface area (Å²) in [6, 6.07) is 15.6. The molecule has 3 rings (SSSR count). The highest BCUT2D eigenvalue weighted by Gasteiger charge is 2.11. The van der Waals surface area contributed by atoms with Gasteiger partial charge in [-0.1, -0.05) is 30.3 Å². The summed E-state index contributed by atoms with van der Waals surface area (Å²) in [4.78, 5) is 15.6. The van der Waals surface area contributed by atoms with Gasteiger partial charge in [0.15, 0.2) is 0 Å². The molecule has 0 radical (unpaired) electrons. The molecule has 0 saturated carbocycles. The first-order valence-corrected chi connectivity index (χ1v) is 10.5. The lowest BCUT2D eigenvalue weighted by Crippen LogP contribution is -2.25. The molecule has 0 unspecified atom stereocenters. The van der Waals surface area contributed by atoms with E-state index in [1.54, 1.807) is 26.5 Å². The van der Waals surface area contributed by atoms with Crippen LogP contribution in [0.3, 0.4) is 0 Å². The summed E-state index contributed by atoms with van der Waals surface area (Å²) in [6.07, 6.45) is 1.65. The van der Waals surface area contributed by atoms with E-state index in [0.717, 1.165) is 24.2 Å². The lowest BCUT2D eigenvalue weighted by molar-refractivity contribution is 0.394. The summed E-state index contributed by atoms with van der Waals surface area (Å²) in [6.45, 7) is 6.29. The molecule has 3 aromatic rings. The van der Waals surface area contributed by atoms with Crippen LogP contribution in [0.5, 0.6) is 11.5 Å². The zero-order valence-corrected chi connectivity index (χ0v) is 18.9. The zero-order valence-electron chi connectivity index (χ0n) is 18.9. The molecule has 0 fully saturated rings. The van der Waals surface area contributed by atoms with Crippen molar-refractivity contribution in [3.05, 3.63) is 59.7 Å². The van der Waals surface area contributed by atoms with Crippen LogP contribution in [0.15, 0.2) is 53.6 Å². The standard InChI is InChI=1S/C23H29N7O2/c1-5-30(6-2)23-27-21(24-15-17-10-8-7-9-11-17)26-22(28-23)29-25-16-18-12-13-19(31-3)14-20(18)32-4/h7-14,16H,5-6,15H2,1-4H3,(H2,24,26,27,28,29)/b25-16+. The van der Waals surface area contributed by atoms with Crippen molar-refractivity contribution in [1.82, 2.24) is 15.0 Å². The van der Waals surface area contributed by atoms with E-state index in [0.29, 0.717) is 35.9 Å². The Labute approximate surface area is 188 Å². The van der Waals surface area contributed by atoms with Crippen molar-refractivity contribution in [3.8, 4) is 11.5 Å². The maximum atomic E-state index is 5.41. The van der Waals surface area contributed by atoms with Crippen molar-refractivity contribution >= 4 is 24.1 Å². The number of anilines is 3. The molecule has 9 heteroatoms. The first-order chi connectivity index (χ1) is 15.7. The molecule has 1 aromatic heterocycles. The second-order valence-electron chi connectivity index (χ2n) is 6.77. The Morgan fingerprint density at radius 1 is 0.938 bits per heavy atom. The monoisotopic (exact) mass is 435 g/mol. The van der Waals surface area contributed by atoms with Gasteiger partial charge in [0.2, 0.25) is 17.8 Å². The fourth-order valence-corrected chi connectivity index (χ4v) is 3.00. The molecule has 9 nitrogen and oxygen atoms in total. The van der Waals surface area contributed by atoms with E-state index in [9.17, 15) is 0 Å². The normalized spacial score (nSPS) is 10.8. The minimum absolute atomic E-state index is 0.348. The molecule has 1 heterocycles. The second-order valence-corrected chi connectivity index (χ2v) is 6.77. The van der Waals surface area contributed by atoms with Gasteiger partial charge in [-0.25, -0.2) is 5.43 Å². The number of hydrogen-bond donors (Lipinski definition) is 2. The minimum Gasteiger partial charge on any atom is -0.497 e. The first-order valence-electron chi connectivity index (χ1n) is 10.5. The number of rotatable bonds is 11. The Balaban J connectivity index is 1.79.